The molecule has 4 aliphatic carbocycles. The molecule has 0 saturated heterocycles. The first kappa shape index (κ1) is 14.1. The summed E-state index contributed by atoms with van der Waals surface area (Å²) in [5.74, 6) is 2.44. The summed E-state index contributed by atoms with van der Waals surface area (Å²) in [4.78, 5) is 14.8. The van der Waals surface area contributed by atoms with Crippen molar-refractivity contribution in [3.63, 3.8) is 0 Å². The van der Waals surface area contributed by atoms with Gasteiger partial charge in [0.15, 0.2) is 0 Å². The van der Waals surface area contributed by atoms with E-state index in [0.29, 0.717) is 6.61 Å². The number of carbonyl (C=O) groups is 1. The molecule has 1 aromatic rings. The third-order valence-corrected chi connectivity index (χ3v) is 5.95. The Morgan fingerprint density at radius 3 is 2.14 bits per heavy atom. The highest BCUT2D eigenvalue weighted by atomic mass is 16.6. The van der Waals surface area contributed by atoms with Gasteiger partial charge in [0.2, 0.25) is 0 Å². The topological polar surface area (TPSA) is 29.5 Å². The van der Waals surface area contributed by atoms with Crippen LogP contribution in [0.25, 0.3) is 0 Å². The van der Waals surface area contributed by atoms with Gasteiger partial charge in [-0.15, -0.1) is 0 Å². The lowest BCUT2D eigenvalue weighted by molar-refractivity contribution is -0.00441. The van der Waals surface area contributed by atoms with Crippen LogP contribution in [0.1, 0.15) is 45.4 Å². The second kappa shape index (κ2) is 5.29. The molecule has 5 rings (SSSR count). The second-order valence-corrected chi connectivity index (χ2v) is 7.51. The highest BCUT2D eigenvalue weighted by molar-refractivity contribution is 5.89. The monoisotopic (exact) mass is 299 g/mol. The predicted molar refractivity (Wildman–Crippen MR) is 86.8 cm³/mol. The third kappa shape index (κ3) is 2.22. The number of para-hydroxylation sites is 1. The Hall–Kier alpha value is -1.51. The minimum Gasteiger partial charge on any atom is -0.449 e. The number of amides is 1. The highest BCUT2D eigenvalue weighted by Crippen LogP contribution is 2.58. The molecule has 118 valence electrons. The average Bonchev–Trinajstić information content (AvgIpc) is 2.47. The van der Waals surface area contributed by atoms with Crippen molar-refractivity contribution in [3.05, 3.63) is 30.3 Å². The predicted octanol–water partition coefficient (Wildman–Crippen LogP) is 4.62. The van der Waals surface area contributed by atoms with Gasteiger partial charge in [-0.3, -0.25) is 4.90 Å². The van der Waals surface area contributed by atoms with Gasteiger partial charge in [-0.1, -0.05) is 18.2 Å². The van der Waals surface area contributed by atoms with E-state index in [1.807, 2.05) is 30.0 Å². The Bertz CT molecular complexity index is 519. The van der Waals surface area contributed by atoms with E-state index in [9.17, 15) is 4.79 Å². The molecule has 1 amide bonds. The first-order valence-electron chi connectivity index (χ1n) is 8.72. The van der Waals surface area contributed by atoms with E-state index in [4.69, 9.17) is 4.74 Å². The fraction of sp³-hybridized carbons (Fsp3) is 0.632. The Kier molecular flexibility index (Phi) is 3.39. The van der Waals surface area contributed by atoms with Gasteiger partial charge in [-0.25, -0.2) is 4.79 Å². The zero-order valence-electron chi connectivity index (χ0n) is 13.3. The van der Waals surface area contributed by atoms with Crippen LogP contribution >= 0.6 is 0 Å². The molecule has 4 aliphatic rings. The Balaban J connectivity index is 1.72. The summed E-state index contributed by atoms with van der Waals surface area (Å²) < 4.78 is 5.43. The van der Waals surface area contributed by atoms with Gasteiger partial charge >= 0.3 is 6.09 Å². The van der Waals surface area contributed by atoms with Gasteiger partial charge in [-0.05, 0) is 75.3 Å². The maximum absolute atomic E-state index is 12.8. The van der Waals surface area contributed by atoms with Gasteiger partial charge < -0.3 is 4.74 Å². The number of carbonyl (C=O) groups excluding carboxylic acids is 1. The molecular formula is C19H25NO2. The lowest BCUT2D eigenvalue weighted by Gasteiger charge is -2.59. The molecule has 4 bridgehead atoms. The van der Waals surface area contributed by atoms with Crippen molar-refractivity contribution in [2.75, 3.05) is 11.5 Å². The van der Waals surface area contributed by atoms with Gasteiger partial charge in [0.05, 0.1) is 12.1 Å². The van der Waals surface area contributed by atoms with Crippen molar-refractivity contribution in [3.8, 4) is 0 Å². The lowest BCUT2D eigenvalue weighted by Crippen LogP contribution is -2.62. The quantitative estimate of drug-likeness (QED) is 0.815. The normalized spacial score (nSPS) is 35.4. The van der Waals surface area contributed by atoms with E-state index < -0.39 is 0 Å². The van der Waals surface area contributed by atoms with Crippen LogP contribution < -0.4 is 4.90 Å². The van der Waals surface area contributed by atoms with Crippen LogP contribution in [-0.4, -0.2) is 18.2 Å². The summed E-state index contributed by atoms with van der Waals surface area (Å²) in [6.45, 7) is 2.33. The third-order valence-electron chi connectivity index (χ3n) is 5.95. The maximum atomic E-state index is 12.8. The smallest absolute Gasteiger partial charge is 0.414 e. The number of hydrogen-bond donors (Lipinski definition) is 0. The van der Waals surface area contributed by atoms with Crippen molar-refractivity contribution >= 4 is 11.8 Å². The largest absolute Gasteiger partial charge is 0.449 e. The zero-order valence-corrected chi connectivity index (χ0v) is 13.3. The Morgan fingerprint density at radius 1 is 1.09 bits per heavy atom. The van der Waals surface area contributed by atoms with Crippen LogP contribution in [0.4, 0.5) is 10.5 Å². The fourth-order valence-electron chi connectivity index (χ4n) is 5.68. The summed E-state index contributed by atoms with van der Waals surface area (Å²) >= 11 is 0. The molecule has 22 heavy (non-hydrogen) atoms. The van der Waals surface area contributed by atoms with E-state index >= 15 is 0 Å². The Labute approximate surface area is 132 Å². The zero-order chi connectivity index (χ0) is 15.2. The number of hydrogen-bond acceptors (Lipinski definition) is 2. The van der Waals surface area contributed by atoms with E-state index in [0.717, 1.165) is 42.7 Å². The van der Waals surface area contributed by atoms with Gasteiger partial charge in [0.25, 0.3) is 0 Å². The average molecular weight is 299 g/mol. The maximum Gasteiger partial charge on any atom is 0.414 e. The Morgan fingerprint density at radius 2 is 1.64 bits per heavy atom. The number of anilines is 1. The van der Waals surface area contributed by atoms with Crippen molar-refractivity contribution in [2.45, 2.75) is 51.0 Å². The van der Waals surface area contributed by atoms with Crippen LogP contribution in [0, 0.1) is 17.8 Å². The van der Waals surface area contributed by atoms with Crippen molar-refractivity contribution in [1.29, 1.82) is 0 Å². The summed E-state index contributed by atoms with van der Waals surface area (Å²) in [6, 6.07) is 10.1. The SMILES string of the molecule is CCOC(=O)N(c1ccccc1)C12CC3CC(CC(C3)C1)C2. The molecule has 0 spiro atoms. The minimum atomic E-state index is -0.157. The molecule has 0 radical (unpaired) electrons. The summed E-state index contributed by atoms with van der Waals surface area (Å²) in [5.41, 5.74) is 1.01. The van der Waals surface area contributed by atoms with Crippen molar-refractivity contribution in [2.24, 2.45) is 17.8 Å². The molecular weight excluding hydrogens is 274 g/mol. The molecule has 0 aromatic heterocycles. The van der Waals surface area contributed by atoms with E-state index in [1.165, 1.54) is 19.3 Å². The molecule has 0 aliphatic heterocycles. The van der Waals surface area contributed by atoms with Crippen LogP contribution in [0.15, 0.2) is 30.3 Å². The summed E-state index contributed by atoms with van der Waals surface area (Å²) in [6.07, 6.45) is 7.46. The minimum absolute atomic E-state index is 0.00234. The van der Waals surface area contributed by atoms with Crippen LogP contribution in [0.5, 0.6) is 0 Å². The molecule has 4 fully saturated rings. The van der Waals surface area contributed by atoms with Crippen molar-refractivity contribution in [1.82, 2.24) is 0 Å². The van der Waals surface area contributed by atoms with Crippen LogP contribution in [0.3, 0.4) is 0 Å². The van der Waals surface area contributed by atoms with Gasteiger partial charge in [-0.2, -0.15) is 0 Å². The molecule has 0 heterocycles. The van der Waals surface area contributed by atoms with Crippen LogP contribution in [-0.2, 0) is 4.74 Å². The number of ether oxygens (including phenoxy) is 1. The second-order valence-electron chi connectivity index (χ2n) is 7.51. The van der Waals surface area contributed by atoms with Crippen molar-refractivity contribution < 1.29 is 9.53 Å². The van der Waals surface area contributed by atoms with Gasteiger partial charge in [0, 0.05) is 5.69 Å². The molecule has 0 unspecified atom stereocenters. The van der Waals surface area contributed by atoms with Crippen LogP contribution in [0.2, 0.25) is 0 Å². The first-order valence-corrected chi connectivity index (χ1v) is 8.72. The molecule has 1 aromatic carbocycles. The fourth-order valence-corrected chi connectivity index (χ4v) is 5.68. The van der Waals surface area contributed by atoms with E-state index in [1.54, 1.807) is 0 Å². The first-order chi connectivity index (χ1) is 10.7. The number of nitrogens with zero attached hydrogens (tertiary/aromatic N) is 1. The molecule has 3 nitrogen and oxygen atoms in total. The highest BCUT2D eigenvalue weighted by Gasteiger charge is 2.55. The molecule has 0 N–H and O–H groups in total. The summed E-state index contributed by atoms with van der Waals surface area (Å²) in [5, 5.41) is 0. The molecule has 3 heteroatoms. The molecule has 4 saturated carbocycles. The number of benzene rings is 1. The lowest BCUT2D eigenvalue weighted by atomic mass is 9.52. The number of rotatable bonds is 3. The summed E-state index contributed by atoms with van der Waals surface area (Å²) in [7, 11) is 0. The van der Waals surface area contributed by atoms with E-state index in [2.05, 4.69) is 12.1 Å². The standard InChI is InChI=1S/C19H25NO2/c1-2-22-18(21)20(17-6-4-3-5-7-17)19-11-14-8-15(12-19)10-16(9-14)13-19/h3-7,14-16H,2,8-13H2,1H3. The van der Waals surface area contributed by atoms with E-state index in [-0.39, 0.29) is 11.6 Å². The molecule has 0 atom stereocenters. The van der Waals surface area contributed by atoms with Gasteiger partial charge in [0.1, 0.15) is 0 Å².